The number of aryl methyl sites for hydroxylation is 1. The van der Waals surface area contributed by atoms with Gasteiger partial charge in [0.1, 0.15) is 30.2 Å². The number of nitrogens with two attached hydrogens (primary N) is 1. The van der Waals surface area contributed by atoms with Gasteiger partial charge < -0.3 is 37.3 Å². The zero-order valence-electron chi connectivity index (χ0n) is 34.7. The zero-order valence-corrected chi connectivity index (χ0v) is 36.3. The molecule has 4 aromatic carbocycles. The maximum Gasteiger partial charge on any atom is 0.264 e. The fraction of sp³-hybridized carbons (Fsp3) is 0.289. The van der Waals surface area contributed by atoms with Crippen LogP contribution in [0.25, 0.3) is 10.9 Å². The molecule has 330 valence electrons. The number of carbonyl (C=O) groups excluding carboxylic acids is 5. The lowest BCUT2D eigenvalue weighted by Gasteiger charge is -2.26. The normalized spacial score (nSPS) is 20.7. The number of fused-ring (bicyclic) bond motifs is 1. The molecule has 1 aliphatic heterocycles. The molecule has 0 bridgehead atoms. The number of hydrogen-bond donors (Lipinski definition) is 8. The number of sulfonamides is 1. The van der Waals surface area contributed by atoms with Crippen molar-refractivity contribution in [2.45, 2.75) is 81.1 Å². The summed E-state index contributed by atoms with van der Waals surface area (Å²) in [4.78, 5) is 78.1. The zero-order chi connectivity index (χ0) is 45.1. The summed E-state index contributed by atoms with van der Waals surface area (Å²) in [6, 6.07) is 23.2. The number of hydrogen-bond acceptors (Lipinski definition) is 8. The summed E-state index contributed by atoms with van der Waals surface area (Å²) in [5, 5.41) is 15.1. The number of H-pyrrole nitrogens is 1. The second-order valence-corrected chi connectivity index (χ2v) is 17.5. The minimum absolute atomic E-state index is 0.00534. The highest BCUT2D eigenvalue weighted by molar-refractivity contribution is 7.90. The third kappa shape index (κ3) is 12.7. The van der Waals surface area contributed by atoms with Gasteiger partial charge in [-0.1, -0.05) is 90.0 Å². The molecule has 2 heterocycles. The van der Waals surface area contributed by atoms with Gasteiger partial charge in [-0.05, 0) is 73.7 Å². The number of carbonyl (C=O) groups is 5. The van der Waals surface area contributed by atoms with Gasteiger partial charge in [-0.2, -0.15) is 0 Å². The Kier molecular flexibility index (Phi) is 15.2. The van der Waals surface area contributed by atoms with Crippen LogP contribution in [-0.2, 0) is 53.3 Å². The first-order valence-corrected chi connectivity index (χ1v) is 22.3. The van der Waals surface area contributed by atoms with Gasteiger partial charge in [-0.3, -0.25) is 29.0 Å². The number of benzene rings is 4. The lowest BCUT2D eigenvalue weighted by Crippen LogP contribution is -2.58. The van der Waals surface area contributed by atoms with Crippen molar-refractivity contribution in [2.24, 2.45) is 10.7 Å². The number of nitrogens with zero attached hydrogens (tertiary/aromatic N) is 1. The van der Waals surface area contributed by atoms with Gasteiger partial charge in [0.05, 0.1) is 4.90 Å². The molecule has 0 saturated carbocycles. The molecule has 1 aromatic heterocycles. The molecule has 5 atom stereocenters. The molecule has 1 aliphatic rings. The molecule has 16 nitrogen and oxygen atoms in total. The van der Waals surface area contributed by atoms with Crippen LogP contribution in [0.3, 0.4) is 0 Å². The van der Waals surface area contributed by atoms with E-state index in [0.29, 0.717) is 16.1 Å². The lowest BCUT2D eigenvalue weighted by molar-refractivity contribution is -0.134. The van der Waals surface area contributed by atoms with E-state index in [4.69, 9.17) is 17.3 Å². The van der Waals surface area contributed by atoms with Gasteiger partial charge in [0.15, 0.2) is 0 Å². The Morgan fingerprint density at radius 2 is 1.21 bits per heavy atom. The number of guanidine groups is 1. The molecule has 18 heteroatoms. The summed E-state index contributed by atoms with van der Waals surface area (Å²) in [7, 11) is -4.03. The quantitative estimate of drug-likeness (QED) is 0.0525. The van der Waals surface area contributed by atoms with Crippen molar-refractivity contribution in [3.8, 4) is 0 Å². The molecule has 0 aliphatic carbocycles. The van der Waals surface area contributed by atoms with Gasteiger partial charge in [0.2, 0.25) is 35.5 Å². The number of aromatic amines is 1. The van der Waals surface area contributed by atoms with Gasteiger partial charge in [-0.15, -0.1) is 0 Å². The standard InChI is InChI=1S/C45H50ClN9O7S/c1-27-14-20-33(21-15-27)63(61,62)55-45(47)48-22-8-13-36-41(57)53-37(23-29-9-4-3-5-10-29)42(58)50-28(2)40(56)52-39(25-31-26-49-35-12-7-6-11-34(31)35)44(60)54-38(43(59)51-36)24-30-16-18-32(46)19-17-30/h3-7,9-12,14-21,26,28,36-39,49H,8,13,22-25H2,1-2H3,(H,50,58)(H,51,59)(H,52,56)(H,53,57)(H,54,60)(H3,47,48,55)/t28-,36-,37+,38+,39+/m1/s1. The van der Waals surface area contributed by atoms with Gasteiger partial charge in [0, 0.05) is 47.9 Å². The summed E-state index contributed by atoms with van der Waals surface area (Å²) in [6.07, 6.45) is 1.87. The Morgan fingerprint density at radius 1 is 0.667 bits per heavy atom. The van der Waals surface area contributed by atoms with Crippen LogP contribution in [0.15, 0.2) is 119 Å². The Morgan fingerprint density at radius 3 is 1.87 bits per heavy atom. The summed E-state index contributed by atoms with van der Waals surface area (Å²) in [5.74, 6) is -3.85. The molecule has 63 heavy (non-hydrogen) atoms. The number of para-hydroxylation sites is 1. The predicted molar refractivity (Wildman–Crippen MR) is 240 cm³/mol. The van der Waals surface area contributed by atoms with E-state index < -0.39 is 69.8 Å². The molecule has 0 radical (unpaired) electrons. The summed E-state index contributed by atoms with van der Waals surface area (Å²) in [6.45, 7) is 3.24. The predicted octanol–water partition coefficient (Wildman–Crippen LogP) is 2.69. The van der Waals surface area contributed by atoms with E-state index in [1.165, 1.54) is 19.1 Å². The highest BCUT2D eigenvalue weighted by Gasteiger charge is 2.34. The molecule has 5 amide bonds. The lowest BCUT2D eigenvalue weighted by atomic mass is 10.0. The maximum absolute atomic E-state index is 14.4. The first kappa shape index (κ1) is 45.8. The highest BCUT2D eigenvalue weighted by atomic mass is 35.5. The Bertz CT molecular complexity index is 2570. The van der Waals surface area contributed by atoms with E-state index >= 15 is 0 Å². The van der Waals surface area contributed by atoms with Gasteiger partial charge >= 0.3 is 0 Å². The molecular formula is C45H50ClN9O7S. The van der Waals surface area contributed by atoms with Crippen LogP contribution in [0.2, 0.25) is 5.02 Å². The van der Waals surface area contributed by atoms with Crippen molar-refractivity contribution in [2.75, 3.05) is 6.54 Å². The average Bonchev–Trinajstić information content (AvgIpc) is 3.67. The summed E-state index contributed by atoms with van der Waals surface area (Å²) >= 11 is 6.16. The number of amides is 5. The molecule has 1 fully saturated rings. The smallest absolute Gasteiger partial charge is 0.264 e. The number of aliphatic imine (C=N–C) groups is 1. The van der Waals surface area contributed by atoms with Crippen LogP contribution in [0, 0.1) is 6.92 Å². The minimum atomic E-state index is -4.03. The third-order valence-electron chi connectivity index (χ3n) is 10.5. The monoisotopic (exact) mass is 895 g/mol. The summed E-state index contributed by atoms with van der Waals surface area (Å²) < 4.78 is 28.0. The van der Waals surface area contributed by atoms with Crippen LogP contribution in [0.1, 0.15) is 42.0 Å². The number of rotatable bonds is 12. The Hall–Kier alpha value is -6.72. The van der Waals surface area contributed by atoms with Crippen molar-refractivity contribution in [1.82, 2.24) is 36.3 Å². The van der Waals surface area contributed by atoms with Crippen molar-refractivity contribution in [3.63, 3.8) is 0 Å². The van der Waals surface area contributed by atoms with Crippen molar-refractivity contribution in [1.29, 1.82) is 0 Å². The van der Waals surface area contributed by atoms with E-state index in [9.17, 15) is 32.4 Å². The van der Waals surface area contributed by atoms with Crippen molar-refractivity contribution in [3.05, 3.63) is 137 Å². The third-order valence-corrected chi connectivity index (χ3v) is 12.1. The van der Waals surface area contributed by atoms with Gasteiger partial charge in [0.25, 0.3) is 10.0 Å². The topological polar surface area (TPSA) is 246 Å². The van der Waals surface area contributed by atoms with Crippen molar-refractivity contribution < 1.29 is 32.4 Å². The van der Waals surface area contributed by atoms with Gasteiger partial charge in [-0.25, -0.2) is 13.1 Å². The van der Waals surface area contributed by atoms with Crippen LogP contribution in [-0.4, -0.2) is 85.7 Å². The minimum Gasteiger partial charge on any atom is -0.369 e. The molecular weight excluding hydrogens is 846 g/mol. The maximum atomic E-state index is 14.4. The molecule has 6 rings (SSSR count). The largest absolute Gasteiger partial charge is 0.369 e. The van der Waals surface area contributed by atoms with Crippen LogP contribution in [0.5, 0.6) is 0 Å². The second-order valence-electron chi connectivity index (χ2n) is 15.4. The van der Waals surface area contributed by atoms with Crippen LogP contribution >= 0.6 is 11.6 Å². The second kappa shape index (κ2) is 20.9. The van der Waals surface area contributed by atoms with E-state index in [1.54, 1.807) is 66.9 Å². The first-order valence-electron chi connectivity index (χ1n) is 20.4. The van der Waals surface area contributed by atoms with E-state index in [2.05, 4.69) is 41.3 Å². The van der Waals surface area contributed by atoms with Crippen LogP contribution < -0.4 is 37.0 Å². The van der Waals surface area contributed by atoms with Crippen LogP contribution in [0.4, 0.5) is 0 Å². The van der Waals surface area contributed by atoms with E-state index in [1.807, 2.05) is 37.3 Å². The Balaban J connectivity index is 1.30. The van der Waals surface area contributed by atoms with E-state index in [-0.39, 0.29) is 49.5 Å². The summed E-state index contributed by atoms with van der Waals surface area (Å²) in [5.41, 5.74) is 9.73. The fourth-order valence-corrected chi connectivity index (χ4v) is 8.14. The SMILES string of the molecule is Cc1ccc(S(=O)(=O)NC(N)=NCCC[C@H]2NC(=O)[C@H](Cc3ccc(Cl)cc3)NC(=O)[C@H](Cc3c[nH]c4ccccc34)NC(=O)[C@@H](C)NC(=O)[C@H](Cc3ccccc3)NC2=O)cc1. The number of aromatic nitrogens is 1. The Labute approximate surface area is 370 Å². The molecule has 9 N–H and O–H groups in total. The molecule has 5 aromatic rings. The highest BCUT2D eigenvalue weighted by Crippen LogP contribution is 2.20. The fourth-order valence-electron chi connectivity index (χ4n) is 7.06. The first-order chi connectivity index (χ1) is 30.1. The molecule has 0 unspecified atom stereocenters. The number of nitrogens with one attached hydrogen (secondary N) is 7. The average molecular weight is 896 g/mol. The van der Waals surface area contributed by atoms with Crippen molar-refractivity contribution >= 4 is 68.0 Å². The molecule has 1 saturated heterocycles. The molecule has 0 spiro atoms. The van der Waals surface area contributed by atoms with E-state index in [0.717, 1.165) is 22.0 Å². The number of halogens is 1.